The lowest BCUT2D eigenvalue weighted by Crippen LogP contribution is -2.33. The predicted octanol–water partition coefficient (Wildman–Crippen LogP) is 2.34. The summed E-state index contributed by atoms with van der Waals surface area (Å²) in [6.07, 6.45) is 1.20. The van der Waals surface area contributed by atoms with E-state index in [1.165, 1.54) is 16.4 Å². The molecule has 0 bridgehead atoms. The number of aromatic carboxylic acids is 1. The lowest BCUT2D eigenvalue weighted by Gasteiger charge is -2.24. The van der Waals surface area contributed by atoms with Crippen LogP contribution in [-0.2, 0) is 10.0 Å². The zero-order valence-corrected chi connectivity index (χ0v) is 12.0. The molecule has 0 unspecified atom stereocenters. The summed E-state index contributed by atoms with van der Waals surface area (Å²) in [6, 6.07) is 6.02. The average Bonchev–Trinajstić information content (AvgIpc) is 2.35. The molecular weight excluding hydrogens is 266 g/mol. The fraction of sp³-hybridized carbons (Fsp3) is 0.462. The largest absolute Gasteiger partial charge is 0.478 e. The maximum absolute atomic E-state index is 12.2. The molecule has 106 valence electrons. The van der Waals surface area contributed by atoms with Crippen LogP contribution in [0.2, 0.25) is 0 Å². The molecule has 0 aliphatic rings. The minimum atomic E-state index is -3.39. The summed E-state index contributed by atoms with van der Waals surface area (Å²) in [7, 11) is -3.39. The first-order chi connectivity index (χ1) is 8.92. The standard InChI is InChI=1S/C13H19NO4S/c1-3-8-14(19(17,18)9-4-2)12-7-5-6-11(10-12)13(15)16/h5-7,10H,3-4,8-9H2,1-2H3,(H,15,16). The molecule has 1 aromatic carbocycles. The first-order valence-corrected chi connectivity index (χ1v) is 7.87. The SMILES string of the molecule is CCCN(c1cccc(C(=O)O)c1)S(=O)(=O)CCC. The molecule has 1 N–H and O–H groups in total. The summed E-state index contributed by atoms with van der Waals surface area (Å²) in [4.78, 5) is 10.9. The summed E-state index contributed by atoms with van der Waals surface area (Å²) < 4.78 is 25.7. The van der Waals surface area contributed by atoms with Gasteiger partial charge in [0.05, 0.1) is 17.0 Å². The van der Waals surface area contributed by atoms with Gasteiger partial charge in [-0.25, -0.2) is 13.2 Å². The van der Waals surface area contributed by atoms with Crippen molar-refractivity contribution in [2.24, 2.45) is 0 Å². The Kier molecular flexibility index (Phi) is 5.35. The highest BCUT2D eigenvalue weighted by Crippen LogP contribution is 2.21. The van der Waals surface area contributed by atoms with E-state index in [-0.39, 0.29) is 11.3 Å². The molecule has 19 heavy (non-hydrogen) atoms. The Morgan fingerprint density at radius 3 is 2.47 bits per heavy atom. The van der Waals surface area contributed by atoms with Crippen molar-refractivity contribution in [1.29, 1.82) is 0 Å². The molecule has 0 amide bonds. The van der Waals surface area contributed by atoms with Crippen LogP contribution in [0.3, 0.4) is 0 Å². The normalized spacial score (nSPS) is 11.3. The van der Waals surface area contributed by atoms with Crippen molar-refractivity contribution in [2.75, 3.05) is 16.6 Å². The monoisotopic (exact) mass is 285 g/mol. The van der Waals surface area contributed by atoms with Gasteiger partial charge < -0.3 is 5.11 Å². The lowest BCUT2D eigenvalue weighted by atomic mass is 10.2. The molecule has 0 saturated heterocycles. The zero-order valence-electron chi connectivity index (χ0n) is 11.2. The van der Waals surface area contributed by atoms with Gasteiger partial charge in [0.1, 0.15) is 0 Å². The lowest BCUT2D eigenvalue weighted by molar-refractivity contribution is 0.0697. The number of nitrogens with zero attached hydrogens (tertiary/aromatic N) is 1. The Hall–Kier alpha value is -1.56. The summed E-state index contributed by atoms with van der Waals surface area (Å²) >= 11 is 0. The molecule has 0 heterocycles. The predicted molar refractivity (Wildman–Crippen MR) is 75.1 cm³/mol. The fourth-order valence-electron chi connectivity index (χ4n) is 1.79. The molecule has 0 aromatic heterocycles. The number of carboxylic acid groups (broad SMARTS) is 1. The molecule has 0 atom stereocenters. The second kappa shape index (κ2) is 6.56. The van der Waals surface area contributed by atoms with Crippen LogP contribution in [0.15, 0.2) is 24.3 Å². The molecule has 0 radical (unpaired) electrons. The van der Waals surface area contributed by atoms with E-state index in [1.54, 1.807) is 19.1 Å². The average molecular weight is 285 g/mol. The Morgan fingerprint density at radius 2 is 1.95 bits per heavy atom. The number of carboxylic acids is 1. The molecule has 0 saturated carbocycles. The van der Waals surface area contributed by atoms with Gasteiger partial charge in [-0.15, -0.1) is 0 Å². The van der Waals surface area contributed by atoms with E-state index < -0.39 is 16.0 Å². The topological polar surface area (TPSA) is 74.7 Å². The van der Waals surface area contributed by atoms with Crippen LogP contribution >= 0.6 is 0 Å². The third-order valence-electron chi connectivity index (χ3n) is 2.61. The van der Waals surface area contributed by atoms with Crippen molar-refractivity contribution in [1.82, 2.24) is 0 Å². The van der Waals surface area contributed by atoms with Crippen molar-refractivity contribution in [2.45, 2.75) is 26.7 Å². The summed E-state index contributed by atoms with van der Waals surface area (Å²) in [5.74, 6) is -1.00. The van der Waals surface area contributed by atoms with Crippen LogP contribution in [0.5, 0.6) is 0 Å². The molecule has 1 aromatic rings. The smallest absolute Gasteiger partial charge is 0.335 e. The van der Waals surface area contributed by atoms with Gasteiger partial charge in [0.25, 0.3) is 0 Å². The molecule has 0 aliphatic carbocycles. The third kappa shape index (κ3) is 3.96. The molecule has 6 heteroatoms. The maximum atomic E-state index is 12.2. The fourth-order valence-corrected chi connectivity index (χ4v) is 3.43. The van der Waals surface area contributed by atoms with Crippen LogP contribution in [0.25, 0.3) is 0 Å². The van der Waals surface area contributed by atoms with E-state index in [1.807, 2.05) is 6.92 Å². The van der Waals surface area contributed by atoms with E-state index in [0.29, 0.717) is 25.1 Å². The molecule has 0 spiro atoms. The highest BCUT2D eigenvalue weighted by atomic mass is 32.2. The zero-order chi connectivity index (χ0) is 14.5. The van der Waals surface area contributed by atoms with E-state index in [2.05, 4.69) is 0 Å². The molecular formula is C13H19NO4S. The first kappa shape index (κ1) is 15.5. The van der Waals surface area contributed by atoms with Crippen molar-refractivity contribution in [3.8, 4) is 0 Å². The number of carbonyl (C=O) groups is 1. The van der Waals surface area contributed by atoms with Gasteiger partial charge in [-0.3, -0.25) is 4.31 Å². The Balaban J connectivity index is 3.19. The number of sulfonamides is 1. The Morgan fingerprint density at radius 1 is 1.26 bits per heavy atom. The number of rotatable bonds is 7. The van der Waals surface area contributed by atoms with Crippen LogP contribution in [0.4, 0.5) is 5.69 Å². The van der Waals surface area contributed by atoms with Crippen molar-refractivity contribution >= 4 is 21.7 Å². The van der Waals surface area contributed by atoms with Gasteiger partial charge in [-0.05, 0) is 31.0 Å². The minimum absolute atomic E-state index is 0.0598. The number of hydrogen-bond acceptors (Lipinski definition) is 3. The summed E-state index contributed by atoms with van der Waals surface area (Å²) in [6.45, 7) is 4.04. The Labute approximate surface area is 113 Å². The third-order valence-corrected chi connectivity index (χ3v) is 4.59. The van der Waals surface area contributed by atoms with Crippen LogP contribution in [0.1, 0.15) is 37.0 Å². The molecule has 0 fully saturated rings. The van der Waals surface area contributed by atoms with Gasteiger partial charge in [0, 0.05) is 6.54 Å². The number of benzene rings is 1. The van der Waals surface area contributed by atoms with Gasteiger partial charge >= 0.3 is 5.97 Å². The van der Waals surface area contributed by atoms with Gasteiger partial charge in [0.2, 0.25) is 10.0 Å². The molecule has 5 nitrogen and oxygen atoms in total. The maximum Gasteiger partial charge on any atom is 0.335 e. The first-order valence-electron chi connectivity index (χ1n) is 6.26. The van der Waals surface area contributed by atoms with E-state index in [9.17, 15) is 13.2 Å². The van der Waals surface area contributed by atoms with Gasteiger partial charge in [0.15, 0.2) is 0 Å². The molecule has 1 rings (SSSR count). The highest BCUT2D eigenvalue weighted by Gasteiger charge is 2.21. The van der Waals surface area contributed by atoms with E-state index in [0.717, 1.165) is 0 Å². The van der Waals surface area contributed by atoms with Crippen LogP contribution < -0.4 is 4.31 Å². The van der Waals surface area contributed by atoms with Gasteiger partial charge in [-0.2, -0.15) is 0 Å². The van der Waals surface area contributed by atoms with E-state index in [4.69, 9.17) is 5.11 Å². The molecule has 0 aliphatic heterocycles. The summed E-state index contributed by atoms with van der Waals surface area (Å²) in [5, 5.41) is 8.96. The second-order valence-corrected chi connectivity index (χ2v) is 6.26. The highest BCUT2D eigenvalue weighted by molar-refractivity contribution is 7.92. The number of anilines is 1. The Bertz CT molecular complexity index is 539. The van der Waals surface area contributed by atoms with Crippen LogP contribution in [0, 0.1) is 0 Å². The summed E-state index contributed by atoms with van der Waals surface area (Å²) in [5.41, 5.74) is 0.500. The van der Waals surface area contributed by atoms with Crippen molar-refractivity contribution in [3.63, 3.8) is 0 Å². The second-order valence-electron chi connectivity index (χ2n) is 4.24. The van der Waals surface area contributed by atoms with E-state index >= 15 is 0 Å². The van der Waals surface area contributed by atoms with Gasteiger partial charge in [-0.1, -0.05) is 19.9 Å². The van der Waals surface area contributed by atoms with Crippen LogP contribution in [-0.4, -0.2) is 31.8 Å². The number of hydrogen-bond donors (Lipinski definition) is 1. The van der Waals surface area contributed by atoms with Crippen molar-refractivity contribution < 1.29 is 18.3 Å². The minimum Gasteiger partial charge on any atom is -0.478 e. The van der Waals surface area contributed by atoms with Crippen molar-refractivity contribution in [3.05, 3.63) is 29.8 Å². The quantitative estimate of drug-likeness (QED) is 0.834.